The summed E-state index contributed by atoms with van der Waals surface area (Å²) in [5.74, 6) is 0.119. The second kappa shape index (κ2) is 6.50. The van der Waals surface area contributed by atoms with Crippen LogP contribution in [-0.4, -0.2) is 39.5 Å². The van der Waals surface area contributed by atoms with E-state index in [0.717, 1.165) is 19.4 Å². The number of rotatable bonds is 6. The number of hydrogen-bond acceptors (Lipinski definition) is 4. The van der Waals surface area contributed by atoms with Crippen LogP contribution < -0.4 is 5.32 Å². The van der Waals surface area contributed by atoms with Gasteiger partial charge in [0.25, 0.3) is 0 Å². The van der Waals surface area contributed by atoms with Crippen molar-refractivity contribution in [3.05, 3.63) is 30.3 Å². The fourth-order valence-electron chi connectivity index (χ4n) is 2.29. The maximum absolute atomic E-state index is 12.1. The van der Waals surface area contributed by atoms with E-state index in [1.807, 2.05) is 13.0 Å². The van der Waals surface area contributed by atoms with Crippen LogP contribution in [0.3, 0.4) is 0 Å². The van der Waals surface area contributed by atoms with Crippen molar-refractivity contribution in [3.8, 4) is 0 Å². The molecule has 0 aliphatic carbocycles. The average molecular weight is 283 g/mol. The van der Waals surface area contributed by atoms with E-state index < -0.39 is 9.84 Å². The van der Waals surface area contributed by atoms with Crippen LogP contribution in [0.4, 0.5) is 0 Å². The molecule has 0 bridgehead atoms. The van der Waals surface area contributed by atoms with Crippen LogP contribution in [0.5, 0.6) is 0 Å². The van der Waals surface area contributed by atoms with Gasteiger partial charge in [-0.05, 0) is 31.9 Å². The molecule has 0 spiro atoms. The van der Waals surface area contributed by atoms with Gasteiger partial charge >= 0.3 is 0 Å². The summed E-state index contributed by atoms with van der Waals surface area (Å²) in [5.41, 5.74) is 0. The van der Waals surface area contributed by atoms with Crippen molar-refractivity contribution in [2.24, 2.45) is 0 Å². The molecule has 0 unspecified atom stereocenters. The number of sulfone groups is 1. The maximum atomic E-state index is 12.1. The molecule has 0 radical (unpaired) electrons. The van der Waals surface area contributed by atoms with E-state index in [1.165, 1.54) is 0 Å². The van der Waals surface area contributed by atoms with E-state index in [2.05, 4.69) is 5.32 Å². The van der Waals surface area contributed by atoms with Gasteiger partial charge in [-0.2, -0.15) is 0 Å². The summed E-state index contributed by atoms with van der Waals surface area (Å²) in [4.78, 5) is 0.390. The molecule has 1 aromatic rings. The first kappa shape index (κ1) is 14.5. The SMILES string of the molecule is C[C@H](NCCS(=O)(=O)c1ccccc1)[C@H]1CCCO1. The van der Waals surface area contributed by atoms with Crippen LogP contribution in [0.2, 0.25) is 0 Å². The molecule has 0 amide bonds. The first-order valence-electron chi connectivity index (χ1n) is 6.72. The summed E-state index contributed by atoms with van der Waals surface area (Å²) < 4.78 is 29.7. The van der Waals surface area contributed by atoms with Crippen LogP contribution >= 0.6 is 0 Å². The highest BCUT2D eigenvalue weighted by Crippen LogP contribution is 2.15. The van der Waals surface area contributed by atoms with Crippen molar-refractivity contribution >= 4 is 9.84 Å². The van der Waals surface area contributed by atoms with Gasteiger partial charge in [-0.15, -0.1) is 0 Å². The van der Waals surface area contributed by atoms with Gasteiger partial charge in [0.2, 0.25) is 0 Å². The first-order valence-corrected chi connectivity index (χ1v) is 8.37. The summed E-state index contributed by atoms with van der Waals surface area (Å²) in [6.07, 6.45) is 2.37. The van der Waals surface area contributed by atoms with Gasteiger partial charge in [-0.3, -0.25) is 0 Å². The zero-order valence-corrected chi connectivity index (χ0v) is 12.0. The lowest BCUT2D eigenvalue weighted by atomic mass is 10.1. The van der Waals surface area contributed by atoms with Crippen molar-refractivity contribution < 1.29 is 13.2 Å². The molecule has 106 valence electrons. The normalized spacial score (nSPS) is 21.4. The quantitative estimate of drug-likeness (QED) is 0.862. The van der Waals surface area contributed by atoms with E-state index in [-0.39, 0.29) is 17.9 Å². The van der Waals surface area contributed by atoms with E-state index in [0.29, 0.717) is 11.4 Å². The number of benzene rings is 1. The molecular weight excluding hydrogens is 262 g/mol. The molecule has 19 heavy (non-hydrogen) atoms. The van der Waals surface area contributed by atoms with Crippen LogP contribution in [0.1, 0.15) is 19.8 Å². The number of hydrogen-bond donors (Lipinski definition) is 1. The third-order valence-corrected chi connectivity index (χ3v) is 5.19. The van der Waals surface area contributed by atoms with Crippen molar-refractivity contribution in [2.75, 3.05) is 18.9 Å². The molecule has 1 aliphatic rings. The predicted octanol–water partition coefficient (Wildman–Crippen LogP) is 1.62. The van der Waals surface area contributed by atoms with Crippen LogP contribution in [0.15, 0.2) is 35.2 Å². The van der Waals surface area contributed by atoms with Gasteiger partial charge in [-0.25, -0.2) is 8.42 Å². The molecule has 1 heterocycles. The summed E-state index contributed by atoms with van der Waals surface area (Å²) in [6.45, 7) is 3.32. The van der Waals surface area contributed by atoms with Crippen LogP contribution in [0.25, 0.3) is 0 Å². The summed E-state index contributed by atoms with van der Waals surface area (Å²) >= 11 is 0. The maximum Gasteiger partial charge on any atom is 0.179 e. The Bertz CT molecular complexity index is 481. The summed E-state index contributed by atoms with van der Waals surface area (Å²) in [7, 11) is -3.18. The average Bonchev–Trinajstić information content (AvgIpc) is 2.93. The molecule has 2 atom stereocenters. The Morgan fingerprint density at radius 1 is 1.37 bits per heavy atom. The predicted molar refractivity (Wildman–Crippen MR) is 74.9 cm³/mol. The number of ether oxygens (including phenoxy) is 1. The van der Waals surface area contributed by atoms with E-state index >= 15 is 0 Å². The van der Waals surface area contributed by atoms with Crippen LogP contribution in [0, 0.1) is 0 Å². The topological polar surface area (TPSA) is 55.4 Å². The minimum absolute atomic E-state index is 0.119. The molecule has 4 nitrogen and oxygen atoms in total. The molecule has 2 rings (SSSR count). The Kier molecular flexibility index (Phi) is 4.96. The largest absolute Gasteiger partial charge is 0.377 e. The highest BCUT2D eigenvalue weighted by Gasteiger charge is 2.22. The van der Waals surface area contributed by atoms with Crippen molar-refractivity contribution in [3.63, 3.8) is 0 Å². The fraction of sp³-hybridized carbons (Fsp3) is 0.571. The third-order valence-electron chi connectivity index (χ3n) is 3.46. The van der Waals surface area contributed by atoms with Gasteiger partial charge in [0, 0.05) is 19.2 Å². The molecule has 0 aromatic heterocycles. The Hall–Kier alpha value is -0.910. The Morgan fingerprint density at radius 2 is 2.11 bits per heavy atom. The van der Waals surface area contributed by atoms with E-state index in [1.54, 1.807) is 24.3 Å². The smallest absolute Gasteiger partial charge is 0.179 e. The molecule has 1 N–H and O–H groups in total. The lowest BCUT2D eigenvalue weighted by molar-refractivity contribution is 0.0844. The lowest BCUT2D eigenvalue weighted by Gasteiger charge is -2.19. The zero-order chi connectivity index (χ0) is 13.7. The minimum atomic E-state index is -3.18. The Labute approximate surface area is 115 Å². The van der Waals surface area contributed by atoms with Gasteiger partial charge in [0.1, 0.15) is 0 Å². The van der Waals surface area contributed by atoms with E-state index in [4.69, 9.17) is 4.74 Å². The first-order chi connectivity index (χ1) is 9.09. The van der Waals surface area contributed by atoms with Gasteiger partial charge in [-0.1, -0.05) is 18.2 Å². The Morgan fingerprint density at radius 3 is 2.74 bits per heavy atom. The fourth-order valence-corrected chi connectivity index (χ4v) is 3.49. The van der Waals surface area contributed by atoms with Crippen molar-refractivity contribution in [2.45, 2.75) is 36.8 Å². The highest BCUT2D eigenvalue weighted by atomic mass is 32.2. The van der Waals surface area contributed by atoms with E-state index in [9.17, 15) is 8.42 Å². The second-order valence-corrected chi connectivity index (χ2v) is 7.04. The molecule has 1 aliphatic heterocycles. The molecule has 1 saturated heterocycles. The third kappa shape index (κ3) is 4.03. The lowest BCUT2D eigenvalue weighted by Crippen LogP contribution is -2.39. The number of nitrogens with one attached hydrogen (secondary N) is 1. The molecule has 0 saturated carbocycles. The summed E-state index contributed by atoms with van der Waals surface area (Å²) in [5, 5.41) is 3.25. The zero-order valence-electron chi connectivity index (χ0n) is 11.2. The molecular formula is C14H21NO3S. The van der Waals surface area contributed by atoms with Gasteiger partial charge in [0.15, 0.2) is 9.84 Å². The second-order valence-electron chi connectivity index (χ2n) is 4.93. The van der Waals surface area contributed by atoms with Crippen molar-refractivity contribution in [1.29, 1.82) is 0 Å². The monoisotopic (exact) mass is 283 g/mol. The minimum Gasteiger partial charge on any atom is -0.377 e. The van der Waals surface area contributed by atoms with Gasteiger partial charge < -0.3 is 10.1 Å². The Balaban J connectivity index is 1.82. The summed E-state index contributed by atoms with van der Waals surface area (Å²) in [6, 6.07) is 8.78. The van der Waals surface area contributed by atoms with Crippen molar-refractivity contribution in [1.82, 2.24) is 5.32 Å². The standard InChI is InChI=1S/C14H21NO3S/c1-12(14-8-5-10-18-14)15-9-11-19(16,17)13-6-3-2-4-7-13/h2-4,6-7,12,14-15H,5,8-11H2,1H3/t12-,14+/m0/s1. The molecule has 1 fully saturated rings. The molecule has 5 heteroatoms. The van der Waals surface area contributed by atoms with Gasteiger partial charge in [0.05, 0.1) is 16.8 Å². The highest BCUT2D eigenvalue weighted by molar-refractivity contribution is 7.91. The molecule has 1 aromatic carbocycles. The van der Waals surface area contributed by atoms with Crippen LogP contribution in [-0.2, 0) is 14.6 Å².